The number of hydrogen-bond acceptors (Lipinski definition) is 4. The first-order valence-corrected chi connectivity index (χ1v) is 11.0. The number of benzene rings is 2. The summed E-state index contributed by atoms with van der Waals surface area (Å²) >= 11 is 3.42. The Hall–Kier alpha value is -2.12. The number of nitrogens with zero attached hydrogens (tertiary/aromatic N) is 2. The van der Waals surface area contributed by atoms with Crippen molar-refractivity contribution in [3.63, 3.8) is 0 Å². The van der Waals surface area contributed by atoms with E-state index in [2.05, 4.69) is 62.6 Å². The average Bonchev–Trinajstić information content (AvgIpc) is 3.12. The number of ether oxygens (including phenoxy) is 1. The lowest BCUT2D eigenvalue weighted by atomic mass is 9.98. The van der Waals surface area contributed by atoms with E-state index in [-0.39, 0.29) is 42.9 Å². The van der Waals surface area contributed by atoms with Gasteiger partial charge in [0, 0.05) is 36.2 Å². The Balaban J connectivity index is 0.00000144. The quantitative estimate of drug-likeness (QED) is 0.474. The fourth-order valence-corrected chi connectivity index (χ4v) is 4.68. The van der Waals surface area contributed by atoms with Crippen molar-refractivity contribution in [3.05, 3.63) is 88.2 Å². The van der Waals surface area contributed by atoms with Gasteiger partial charge in [-0.05, 0) is 50.3 Å². The van der Waals surface area contributed by atoms with E-state index in [1.807, 2.05) is 24.3 Å². The maximum absolute atomic E-state index is 13.1. The second-order valence-electron chi connectivity index (χ2n) is 7.62. The normalized spacial score (nSPS) is 16.9. The first kappa shape index (κ1) is 24.5. The van der Waals surface area contributed by atoms with Crippen molar-refractivity contribution in [2.75, 3.05) is 26.2 Å². The molecule has 1 aliphatic heterocycles. The minimum atomic E-state index is -0.284. The third-order valence-electron chi connectivity index (χ3n) is 5.91. The largest absolute Gasteiger partial charge is 0.448 e. The van der Waals surface area contributed by atoms with E-state index in [9.17, 15) is 4.79 Å². The van der Waals surface area contributed by atoms with Crippen LogP contribution in [-0.2, 0) is 4.74 Å². The third-order valence-corrected chi connectivity index (χ3v) is 6.37. The number of carbonyl (C=O) groups is 1. The van der Waals surface area contributed by atoms with Gasteiger partial charge in [-0.3, -0.25) is 9.88 Å². The molecule has 2 aromatic carbocycles. The van der Waals surface area contributed by atoms with Gasteiger partial charge in [-0.2, -0.15) is 0 Å². The van der Waals surface area contributed by atoms with Crippen molar-refractivity contribution >= 4 is 46.8 Å². The smallest absolute Gasteiger partial charge is 0.410 e. The minimum Gasteiger partial charge on any atom is -0.448 e. The van der Waals surface area contributed by atoms with Crippen LogP contribution in [-0.4, -0.2) is 42.2 Å². The van der Waals surface area contributed by atoms with Gasteiger partial charge in [-0.25, -0.2) is 4.79 Å². The molecule has 5 rings (SSSR count). The van der Waals surface area contributed by atoms with Crippen molar-refractivity contribution in [2.45, 2.75) is 12.0 Å². The van der Waals surface area contributed by atoms with Crippen molar-refractivity contribution in [1.82, 2.24) is 15.2 Å². The first-order chi connectivity index (χ1) is 14.7. The fraction of sp³-hybridized carbons (Fsp3) is 0.250. The summed E-state index contributed by atoms with van der Waals surface area (Å²) in [6.45, 7) is 2.34. The lowest BCUT2D eigenvalue weighted by molar-refractivity contribution is 0.0743. The number of hydrogen-bond donors (Lipinski definition) is 1. The molecule has 0 saturated carbocycles. The van der Waals surface area contributed by atoms with Gasteiger partial charge in [0.15, 0.2) is 0 Å². The first-order valence-electron chi connectivity index (χ1n) is 10.2. The number of fused-ring (bicyclic) bond motifs is 3. The zero-order valence-corrected chi connectivity index (χ0v) is 20.5. The second-order valence-corrected chi connectivity index (χ2v) is 8.53. The summed E-state index contributed by atoms with van der Waals surface area (Å²) in [6.07, 6.45) is 1.48. The molecule has 1 N–H and O–H groups in total. The zero-order chi connectivity index (χ0) is 20.5. The average molecular weight is 537 g/mol. The topological polar surface area (TPSA) is 54.5 Å². The summed E-state index contributed by atoms with van der Waals surface area (Å²) in [5, 5.41) is 3.35. The van der Waals surface area contributed by atoms with E-state index in [4.69, 9.17) is 4.74 Å². The van der Waals surface area contributed by atoms with Crippen LogP contribution in [0.15, 0.2) is 71.3 Å². The SMILES string of the molecule is Cl.Cl.O=C(OCC1c2ccccc2-c2ccccc21)N1CCNCC1c1ccc(Br)cn1. The molecule has 1 unspecified atom stereocenters. The van der Waals surface area contributed by atoms with Gasteiger partial charge in [0.1, 0.15) is 6.61 Å². The van der Waals surface area contributed by atoms with Crippen molar-refractivity contribution in [1.29, 1.82) is 0 Å². The Morgan fingerprint density at radius 3 is 2.31 bits per heavy atom. The number of nitrogens with one attached hydrogen (secondary N) is 1. The van der Waals surface area contributed by atoms with E-state index < -0.39 is 0 Å². The number of rotatable bonds is 3. The molecule has 0 spiro atoms. The molecule has 2 aliphatic rings. The molecular weight excluding hydrogens is 513 g/mol. The van der Waals surface area contributed by atoms with Gasteiger partial charge < -0.3 is 10.1 Å². The molecular formula is C24H24BrCl2N3O2. The molecule has 8 heteroatoms. The Morgan fingerprint density at radius 1 is 1.03 bits per heavy atom. The summed E-state index contributed by atoms with van der Waals surface area (Å²) in [6, 6.07) is 20.5. The highest BCUT2D eigenvalue weighted by Crippen LogP contribution is 2.44. The molecule has 2 heterocycles. The number of amides is 1. The summed E-state index contributed by atoms with van der Waals surface area (Å²) in [5.41, 5.74) is 5.76. The van der Waals surface area contributed by atoms with E-state index >= 15 is 0 Å². The lowest BCUT2D eigenvalue weighted by Gasteiger charge is -2.35. The van der Waals surface area contributed by atoms with Crippen molar-refractivity contribution in [2.24, 2.45) is 0 Å². The van der Waals surface area contributed by atoms with Crippen LogP contribution in [0, 0.1) is 0 Å². The number of pyridine rings is 1. The zero-order valence-electron chi connectivity index (χ0n) is 17.2. The molecule has 168 valence electrons. The van der Waals surface area contributed by atoms with E-state index in [1.165, 1.54) is 22.3 Å². The van der Waals surface area contributed by atoms with Gasteiger partial charge in [0.05, 0.1) is 11.7 Å². The molecule has 1 saturated heterocycles. The highest BCUT2D eigenvalue weighted by Gasteiger charge is 2.33. The van der Waals surface area contributed by atoms with Crippen LogP contribution in [0.4, 0.5) is 4.79 Å². The van der Waals surface area contributed by atoms with Gasteiger partial charge in [0.2, 0.25) is 0 Å². The lowest BCUT2D eigenvalue weighted by Crippen LogP contribution is -2.49. The highest BCUT2D eigenvalue weighted by molar-refractivity contribution is 9.10. The predicted octanol–water partition coefficient (Wildman–Crippen LogP) is 5.58. The van der Waals surface area contributed by atoms with Crippen molar-refractivity contribution in [3.8, 4) is 11.1 Å². The van der Waals surface area contributed by atoms with Crippen LogP contribution >= 0.6 is 40.7 Å². The fourth-order valence-electron chi connectivity index (χ4n) is 4.45. The van der Waals surface area contributed by atoms with Gasteiger partial charge in [0.25, 0.3) is 0 Å². The number of halogens is 3. The molecule has 1 amide bonds. The molecule has 32 heavy (non-hydrogen) atoms. The molecule has 3 aromatic rings. The van der Waals surface area contributed by atoms with Crippen LogP contribution in [0.25, 0.3) is 11.1 Å². The summed E-state index contributed by atoms with van der Waals surface area (Å²) < 4.78 is 6.80. The molecule has 0 radical (unpaired) electrons. The molecule has 0 bridgehead atoms. The molecule has 1 fully saturated rings. The minimum absolute atomic E-state index is 0. The van der Waals surface area contributed by atoms with Crippen LogP contribution in [0.3, 0.4) is 0 Å². The Morgan fingerprint density at radius 2 is 1.69 bits per heavy atom. The second kappa shape index (κ2) is 10.7. The summed E-state index contributed by atoms with van der Waals surface area (Å²) in [7, 11) is 0. The molecule has 5 nitrogen and oxygen atoms in total. The van der Waals surface area contributed by atoms with Gasteiger partial charge in [-0.15, -0.1) is 24.8 Å². The van der Waals surface area contributed by atoms with Crippen LogP contribution in [0.2, 0.25) is 0 Å². The van der Waals surface area contributed by atoms with Crippen molar-refractivity contribution < 1.29 is 9.53 Å². The highest BCUT2D eigenvalue weighted by atomic mass is 79.9. The molecule has 1 aromatic heterocycles. The van der Waals surface area contributed by atoms with E-state index in [0.29, 0.717) is 19.7 Å². The summed E-state index contributed by atoms with van der Waals surface area (Å²) in [5.74, 6) is 0.0634. The maximum Gasteiger partial charge on any atom is 0.410 e. The molecule has 1 atom stereocenters. The van der Waals surface area contributed by atoms with Crippen LogP contribution in [0.1, 0.15) is 28.8 Å². The number of carbonyl (C=O) groups excluding carboxylic acids is 1. The van der Waals surface area contributed by atoms with Crippen LogP contribution < -0.4 is 5.32 Å². The Labute approximate surface area is 208 Å². The monoisotopic (exact) mass is 535 g/mol. The Kier molecular flexibility index (Phi) is 8.17. The molecule has 1 aliphatic carbocycles. The van der Waals surface area contributed by atoms with Gasteiger partial charge >= 0.3 is 6.09 Å². The number of piperazine rings is 1. The summed E-state index contributed by atoms with van der Waals surface area (Å²) in [4.78, 5) is 19.4. The Bertz CT molecular complexity index is 1040. The van der Waals surface area contributed by atoms with E-state index in [0.717, 1.165) is 16.7 Å². The van der Waals surface area contributed by atoms with Gasteiger partial charge in [-0.1, -0.05) is 48.5 Å². The van der Waals surface area contributed by atoms with E-state index in [1.54, 1.807) is 11.1 Å². The predicted molar refractivity (Wildman–Crippen MR) is 134 cm³/mol. The van der Waals surface area contributed by atoms with Crippen LogP contribution in [0.5, 0.6) is 0 Å². The maximum atomic E-state index is 13.1. The number of aromatic nitrogens is 1. The third kappa shape index (κ3) is 4.64. The standard InChI is InChI=1S/C24H22BrN3O2.2ClH/c25-16-9-10-22(27-13-16)23-14-26-11-12-28(23)24(29)30-15-21-19-7-3-1-5-17(19)18-6-2-4-8-20(18)21;;/h1-10,13,21,23,26H,11-12,14-15H2;2*1H.